The molecule has 0 bridgehead atoms. The van der Waals surface area contributed by atoms with Gasteiger partial charge in [0.2, 0.25) is 0 Å². The minimum Gasteiger partial charge on any atom is -0.316 e. The Kier molecular flexibility index (Phi) is 5.71. The molecule has 3 heteroatoms. The Labute approximate surface area is 106 Å². The summed E-state index contributed by atoms with van der Waals surface area (Å²) in [5, 5.41) is 3.20. The lowest BCUT2D eigenvalue weighted by Gasteiger charge is -2.10. The topological polar surface area (TPSA) is 29.1 Å². The zero-order valence-corrected chi connectivity index (χ0v) is 11.4. The van der Waals surface area contributed by atoms with Crippen LogP contribution in [0, 0.1) is 5.92 Å². The van der Waals surface area contributed by atoms with E-state index in [1.807, 2.05) is 38.1 Å². The van der Waals surface area contributed by atoms with E-state index in [1.165, 1.54) is 0 Å². The average Bonchev–Trinajstić information content (AvgIpc) is 2.29. The van der Waals surface area contributed by atoms with Gasteiger partial charge in [-0.3, -0.25) is 4.79 Å². The van der Waals surface area contributed by atoms with E-state index in [4.69, 9.17) is 0 Å². The first-order chi connectivity index (χ1) is 7.63. The third-order valence-corrected chi connectivity index (χ3v) is 3.07. The SMILES string of the molecule is CCNCC(C)C(=O)Cc1ccc(Br)cc1. The summed E-state index contributed by atoms with van der Waals surface area (Å²) in [7, 11) is 0. The number of benzene rings is 1. The van der Waals surface area contributed by atoms with Crippen LogP contribution in [0.4, 0.5) is 0 Å². The zero-order valence-electron chi connectivity index (χ0n) is 9.79. The number of ketones is 1. The van der Waals surface area contributed by atoms with E-state index in [0.29, 0.717) is 12.2 Å². The number of halogens is 1. The molecule has 0 radical (unpaired) electrons. The van der Waals surface area contributed by atoms with Gasteiger partial charge in [0.15, 0.2) is 0 Å². The molecule has 1 rings (SSSR count). The summed E-state index contributed by atoms with van der Waals surface area (Å²) in [5.74, 6) is 0.381. The van der Waals surface area contributed by atoms with Crippen LogP contribution in [0.25, 0.3) is 0 Å². The number of rotatable bonds is 6. The quantitative estimate of drug-likeness (QED) is 0.870. The molecule has 0 heterocycles. The Morgan fingerprint density at radius 2 is 2.00 bits per heavy atom. The highest BCUT2D eigenvalue weighted by molar-refractivity contribution is 9.10. The van der Waals surface area contributed by atoms with Gasteiger partial charge in [0.25, 0.3) is 0 Å². The van der Waals surface area contributed by atoms with Crippen LogP contribution in [-0.4, -0.2) is 18.9 Å². The molecule has 0 amide bonds. The van der Waals surface area contributed by atoms with Crippen molar-refractivity contribution in [3.63, 3.8) is 0 Å². The van der Waals surface area contributed by atoms with E-state index >= 15 is 0 Å². The third-order valence-electron chi connectivity index (χ3n) is 2.54. The van der Waals surface area contributed by atoms with Gasteiger partial charge < -0.3 is 5.32 Å². The first-order valence-corrected chi connectivity index (χ1v) is 6.40. The van der Waals surface area contributed by atoms with Crippen LogP contribution >= 0.6 is 15.9 Å². The highest BCUT2D eigenvalue weighted by Crippen LogP contribution is 2.12. The van der Waals surface area contributed by atoms with E-state index in [9.17, 15) is 4.79 Å². The lowest BCUT2D eigenvalue weighted by molar-refractivity contribution is -0.121. The van der Waals surface area contributed by atoms with Crippen LogP contribution < -0.4 is 5.32 Å². The predicted octanol–water partition coefficient (Wildman–Crippen LogP) is 2.81. The highest BCUT2D eigenvalue weighted by Gasteiger charge is 2.12. The maximum Gasteiger partial charge on any atom is 0.141 e. The summed E-state index contributed by atoms with van der Waals surface area (Å²) in [4.78, 5) is 11.9. The van der Waals surface area contributed by atoms with Crippen LogP contribution in [0.5, 0.6) is 0 Å². The smallest absolute Gasteiger partial charge is 0.141 e. The molecule has 0 aliphatic rings. The fraction of sp³-hybridized carbons (Fsp3) is 0.462. The fourth-order valence-electron chi connectivity index (χ4n) is 1.45. The molecule has 1 N–H and O–H groups in total. The molecule has 0 aliphatic carbocycles. The van der Waals surface area contributed by atoms with Crippen LogP contribution in [-0.2, 0) is 11.2 Å². The molecule has 2 nitrogen and oxygen atoms in total. The predicted molar refractivity (Wildman–Crippen MR) is 70.6 cm³/mol. The lowest BCUT2D eigenvalue weighted by atomic mass is 9.99. The number of hydrogen-bond donors (Lipinski definition) is 1. The summed E-state index contributed by atoms with van der Waals surface area (Å²) in [6.07, 6.45) is 0.528. The van der Waals surface area contributed by atoms with E-state index < -0.39 is 0 Å². The summed E-state index contributed by atoms with van der Waals surface area (Å²) < 4.78 is 1.05. The largest absolute Gasteiger partial charge is 0.316 e. The standard InChI is InChI=1S/C13H18BrNO/c1-3-15-9-10(2)13(16)8-11-4-6-12(14)7-5-11/h4-7,10,15H,3,8-9H2,1-2H3. The molecule has 1 unspecified atom stereocenters. The first-order valence-electron chi connectivity index (χ1n) is 5.61. The minimum absolute atomic E-state index is 0.0867. The lowest BCUT2D eigenvalue weighted by Crippen LogP contribution is -2.27. The molecule has 88 valence electrons. The highest BCUT2D eigenvalue weighted by atomic mass is 79.9. The number of Topliss-reactive ketones (excluding diaryl/α,β-unsaturated/α-hetero) is 1. The summed E-state index contributed by atoms with van der Waals surface area (Å²) in [6.45, 7) is 5.71. The summed E-state index contributed by atoms with van der Waals surface area (Å²) in [6, 6.07) is 7.92. The fourth-order valence-corrected chi connectivity index (χ4v) is 1.72. The Balaban J connectivity index is 2.47. The van der Waals surface area contributed by atoms with E-state index in [2.05, 4.69) is 21.2 Å². The van der Waals surface area contributed by atoms with Gasteiger partial charge >= 0.3 is 0 Å². The summed E-state index contributed by atoms with van der Waals surface area (Å²) in [5.41, 5.74) is 1.08. The van der Waals surface area contributed by atoms with Gasteiger partial charge in [-0.1, -0.05) is 41.9 Å². The van der Waals surface area contributed by atoms with Gasteiger partial charge in [-0.25, -0.2) is 0 Å². The van der Waals surface area contributed by atoms with Gasteiger partial charge in [-0.15, -0.1) is 0 Å². The van der Waals surface area contributed by atoms with Crippen LogP contribution in [0.2, 0.25) is 0 Å². The van der Waals surface area contributed by atoms with E-state index in [1.54, 1.807) is 0 Å². The second kappa shape index (κ2) is 6.81. The molecule has 1 aromatic rings. The van der Waals surface area contributed by atoms with Crippen molar-refractivity contribution in [3.8, 4) is 0 Å². The number of nitrogens with one attached hydrogen (secondary N) is 1. The third kappa shape index (κ3) is 4.45. The number of hydrogen-bond acceptors (Lipinski definition) is 2. The molecule has 0 fully saturated rings. The normalized spacial score (nSPS) is 12.4. The summed E-state index contributed by atoms with van der Waals surface area (Å²) >= 11 is 3.38. The minimum atomic E-state index is 0.0867. The Morgan fingerprint density at radius 3 is 2.56 bits per heavy atom. The van der Waals surface area contributed by atoms with Gasteiger partial charge in [0.05, 0.1) is 0 Å². The Morgan fingerprint density at radius 1 is 1.38 bits per heavy atom. The van der Waals surface area contributed by atoms with Crippen molar-refractivity contribution in [1.29, 1.82) is 0 Å². The van der Waals surface area contributed by atoms with E-state index in [0.717, 1.165) is 23.1 Å². The first kappa shape index (κ1) is 13.4. The van der Waals surface area contributed by atoms with Gasteiger partial charge in [-0.2, -0.15) is 0 Å². The molecule has 0 aromatic heterocycles. The van der Waals surface area contributed by atoms with E-state index in [-0.39, 0.29) is 5.92 Å². The van der Waals surface area contributed by atoms with Crippen LogP contribution in [0.3, 0.4) is 0 Å². The Hall–Kier alpha value is -0.670. The second-order valence-electron chi connectivity index (χ2n) is 3.98. The van der Waals surface area contributed by atoms with Gasteiger partial charge in [-0.05, 0) is 24.2 Å². The monoisotopic (exact) mass is 283 g/mol. The Bertz CT molecular complexity index is 334. The van der Waals surface area contributed by atoms with Crippen molar-refractivity contribution in [1.82, 2.24) is 5.32 Å². The molecule has 0 spiro atoms. The van der Waals surface area contributed by atoms with Crippen molar-refractivity contribution in [2.24, 2.45) is 5.92 Å². The number of carbonyl (C=O) groups is 1. The zero-order chi connectivity index (χ0) is 12.0. The van der Waals surface area contributed by atoms with Gasteiger partial charge in [0, 0.05) is 23.4 Å². The van der Waals surface area contributed by atoms with Crippen molar-refractivity contribution in [2.45, 2.75) is 20.3 Å². The number of carbonyl (C=O) groups excluding carboxylic acids is 1. The second-order valence-corrected chi connectivity index (χ2v) is 4.89. The average molecular weight is 284 g/mol. The molecular weight excluding hydrogens is 266 g/mol. The molecule has 1 aromatic carbocycles. The van der Waals surface area contributed by atoms with Crippen molar-refractivity contribution in [3.05, 3.63) is 34.3 Å². The molecule has 0 aliphatic heterocycles. The van der Waals surface area contributed by atoms with Crippen molar-refractivity contribution < 1.29 is 4.79 Å². The van der Waals surface area contributed by atoms with Crippen LogP contribution in [0.15, 0.2) is 28.7 Å². The van der Waals surface area contributed by atoms with Crippen LogP contribution in [0.1, 0.15) is 19.4 Å². The molecule has 0 saturated heterocycles. The maximum absolute atomic E-state index is 11.9. The molecule has 1 atom stereocenters. The maximum atomic E-state index is 11.9. The molecule has 0 saturated carbocycles. The molecule has 16 heavy (non-hydrogen) atoms. The van der Waals surface area contributed by atoms with Crippen molar-refractivity contribution >= 4 is 21.7 Å². The van der Waals surface area contributed by atoms with Crippen molar-refractivity contribution in [2.75, 3.05) is 13.1 Å². The van der Waals surface area contributed by atoms with Gasteiger partial charge in [0.1, 0.15) is 5.78 Å². The molecular formula is C13H18BrNO.